The molecule has 8 heteroatoms. The maximum Gasteiger partial charge on any atom is 0.191 e. The number of benzene rings is 1. The van der Waals surface area contributed by atoms with Crippen molar-refractivity contribution >= 4 is 17.6 Å². The molecule has 0 bridgehead atoms. The van der Waals surface area contributed by atoms with Crippen LogP contribution >= 0.6 is 11.6 Å². The Morgan fingerprint density at radius 3 is 2.93 bits per heavy atom. The van der Waals surface area contributed by atoms with Crippen molar-refractivity contribution in [2.24, 2.45) is 4.99 Å². The van der Waals surface area contributed by atoms with Crippen molar-refractivity contribution in [3.05, 3.63) is 34.6 Å². The molecule has 2 rings (SSSR count). The molecule has 2 atom stereocenters. The third-order valence-corrected chi connectivity index (χ3v) is 4.89. The molecule has 1 fully saturated rings. The highest BCUT2D eigenvalue weighted by Gasteiger charge is 2.29. The van der Waals surface area contributed by atoms with Gasteiger partial charge in [0.1, 0.15) is 5.82 Å². The van der Waals surface area contributed by atoms with Crippen LogP contribution in [0.1, 0.15) is 32.4 Å². The Morgan fingerprint density at radius 1 is 1.43 bits per heavy atom. The topological polar surface area (TPSA) is 58.1 Å². The number of hydrogen-bond acceptors (Lipinski definition) is 4. The van der Waals surface area contributed by atoms with Crippen LogP contribution < -0.4 is 10.6 Å². The Labute approximate surface area is 172 Å². The van der Waals surface area contributed by atoms with E-state index in [0.29, 0.717) is 62.5 Å². The summed E-state index contributed by atoms with van der Waals surface area (Å²) < 4.78 is 25.7. The van der Waals surface area contributed by atoms with Gasteiger partial charge >= 0.3 is 0 Å². The first-order valence-corrected chi connectivity index (χ1v) is 10.3. The molecule has 1 aromatic rings. The second kappa shape index (κ2) is 12.2. The maximum absolute atomic E-state index is 14.7. The minimum absolute atomic E-state index is 0.0864. The van der Waals surface area contributed by atoms with Gasteiger partial charge in [-0.3, -0.25) is 9.89 Å². The molecule has 1 aromatic carbocycles. The largest absolute Gasteiger partial charge is 0.380 e. The first-order valence-electron chi connectivity index (χ1n) is 9.96. The highest BCUT2D eigenvalue weighted by atomic mass is 35.5. The Hall–Kier alpha value is -1.41. The summed E-state index contributed by atoms with van der Waals surface area (Å²) in [7, 11) is 0. The molecule has 1 aliphatic heterocycles. The maximum atomic E-state index is 14.7. The predicted molar refractivity (Wildman–Crippen MR) is 112 cm³/mol. The second-order valence-electron chi connectivity index (χ2n) is 6.67. The molecule has 0 aromatic heterocycles. The van der Waals surface area contributed by atoms with Gasteiger partial charge in [-0.1, -0.05) is 17.7 Å². The Bertz CT molecular complexity index is 612. The van der Waals surface area contributed by atoms with E-state index in [4.69, 9.17) is 26.1 Å². The fraction of sp³-hybridized carbons (Fsp3) is 0.650. The van der Waals surface area contributed by atoms with Gasteiger partial charge in [-0.2, -0.15) is 0 Å². The zero-order chi connectivity index (χ0) is 20.4. The van der Waals surface area contributed by atoms with Crippen molar-refractivity contribution in [1.29, 1.82) is 0 Å². The van der Waals surface area contributed by atoms with Gasteiger partial charge in [-0.15, -0.1) is 0 Å². The average Bonchev–Trinajstić information content (AvgIpc) is 2.67. The number of hydrogen-bond donors (Lipinski definition) is 2. The van der Waals surface area contributed by atoms with E-state index < -0.39 is 0 Å². The van der Waals surface area contributed by atoms with E-state index in [2.05, 4.69) is 15.5 Å². The smallest absolute Gasteiger partial charge is 0.191 e. The van der Waals surface area contributed by atoms with Crippen LogP contribution in [0.4, 0.5) is 4.39 Å². The summed E-state index contributed by atoms with van der Waals surface area (Å²) in [6.07, 6.45) is 0.0864. The molecule has 1 heterocycles. The first kappa shape index (κ1) is 22.9. The molecule has 0 radical (unpaired) electrons. The third-order valence-electron chi connectivity index (χ3n) is 4.56. The van der Waals surface area contributed by atoms with E-state index in [9.17, 15) is 4.39 Å². The third kappa shape index (κ3) is 6.88. The summed E-state index contributed by atoms with van der Waals surface area (Å²) in [5, 5.41) is 6.89. The summed E-state index contributed by atoms with van der Waals surface area (Å²) >= 11 is 6.38. The number of ether oxygens (including phenoxy) is 2. The highest BCUT2D eigenvalue weighted by molar-refractivity contribution is 6.31. The molecule has 0 spiro atoms. The Morgan fingerprint density at radius 2 is 2.25 bits per heavy atom. The minimum atomic E-state index is -0.304. The number of nitrogens with one attached hydrogen (secondary N) is 2. The van der Waals surface area contributed by atoms with Gasteiger partial charge in [-0.25, -0.2) is 4.39 Å². The van der Waals surface area contributed by atoms with Gasteiger partial charge in [0.2, 0.25) is 0 Å². The van der Waals surface area contributed by atoms with Crippen LogP contribution in [0.15, 0.2) is 23.2 Å². The Kier molecular flexibility index (Phi) is 9.98. The van der Waals surface area contributed by atoms with Crippen molar-refractivity contribution < 1.29 is 13.9 Å². The van der Waals surface area contributed by atoms with E-state index in [1.165, 1.54) is 6.07 Å². The number of aliphatic imine (C=N–C) groups is 1. The molecular weight excluding hydrogens is 383 g/mol. The number of nitrogens with zero attached hydrogens (tertiary/aromatic N) is 2. The van der Waals surface area contributed by atoms with E-state index in [-0.39, 0.29) is 18.0 Å². The van der Waals surface area contributed by atoms with E-state index in [1.807, 2.05) is 20.8 Å². The number of rotatable bonds is 9. The molecular formula is C20H32ClFN4O2. The molecule has 6 nitrogen and oxygen atoms in total. The molecule has 158 valence electrons. The van der Waals surface area contributed by atoms with Gasteiger partial charge in [0.15, 0.2) is 5.96 Å². The monoisotopic (exact) mass is 414 g/mol. The summed E-state index contributed by atoms with van der Waals surface area (Å²) in [5.74, 6) is 0.377. The van der Waals surface area contributed by atoms with Crippen molar-refractivity contribution in [3.63, 3.8) is 0 Å². The molecule has 1 saturated heterocycles. The minimum Gasteiger partial charge on any atom is -0.380 e. The summed E-state index contributed by atoms with van der Waals surface area (Å²) in [5.41, 5.74) is 0.493. The lowest BCUT2D eigenvalue weighted by Crippen LogP contribution is -2.45. The lowest BCUT2D eigenvalue weighted by Gasteiger charge is -2.37. The van der Waals surface area contributed by atoms with Gasteiger partial charge in [0.05, 0.1) is 31.9 Å². The van der Waals surface area contributed by atoms with Crippen molar-refractivity contribution in [2.75, 3.05) is 52.5 Å². The van der Waals surface area contributed by atoms with E-state index in [0.717, 1.165) is 6.54 Å². The fourth-order valence-corrected chi connectivity index (χ4v) is 3.54. The van der Waals surface area contributed by atoms with Crippen LogP contribution in [0.25, 0.3) is 0 Å². The van der Waals surface area contributed by atoms with E-state index >= 15 is 0 Å². The number of guanidine groups is 1. The molecule has 0 amide bonds. The van der Waals surface area contributed by atoms with Crippen molar-refractivity contribution in [3.8, 4) is 0 Å². The summed E-state index contributed by atoms with van der Waals surface area (Å²) in [6, 6.07) is 4.55. The van der Waals surface area contributed by atoms with Crippen molar-refractivity contribution in [2.45, 2.75) is 32.9 Å². The number of halogens is 2. The molecule has 2 unspecified atom stereocenters. The van der Waals surface area contributed by atoms with Crippen LogP contribution in [0.5, 0.6) is 0 Å². The first-order chi connectivity index (χ1) is 13.6. The van der Waals surface area contributed by atoms with Gasteiger partial charge in [0, 0.05) is 43.4 Å². The summed E-state index contributed by atoms with van der Waals surface area (Å²) in [4.78, 5) is 6.90. The number of morpholine rings is 1. The van der Waals surface area contributed by atoms with Crippen LogP contribution in [0.2, 0.25) is 5.02 Å². The average molecular weight is 415 g/mol. The molecule has 1 aliphatic rings. The SMILES string of the molecule is CCNC(=NCC(c1c(F)cccc1Cl)N1CCOC(C)C1)NCCOCC. The highest BCUT2D eigenvalue weighted by Crippen LogP contribution is 2.31. The lowest BCUT2D eigenvalue weighted by atomic mass is 10.0. The lowest BCUT2D eigenvalue weighted by molar-refractivity contribution is -0.0336. The van der Waals surface area contributed by atoms with Crippen molar-refractivity contribution in [1.82, 2.24) is 15.5 Å². The zero-order valence-corrected chi connectivity index (χ0v) is 17.8. The predicted octanol–water partition coefficient (Wildman–Crippen LogP) is 2.83. The zero-order valence-electron chi connectivity index (χ0n) is 17.0. The normalized spacial score (nSPS) is 19.5. The molecule has 28 heavy (non-hydrogen) atoms. The van der Waals surface area contributed by atoms with Crippen LogP contribution in [0, 0.1) is 5.82 Å². The van der Waals surface area contributed by atoms with Crippen LogP contribution in [-0.2, 0) is 9.47 Å². The molecule has 0 saturated carbocycles. The van der Waals surface area contributed by atoms with Crippen LogP contribution in [0.3, 0.4) is 0 Å². The van der Waals surface area contributed by atoms with Gasteiger partial charge in [-0.05, 0) is 32.9 Å². The van der Waals surface area contributed by atoms with Crippen LogP contribution in [-0.4, -0.2) is 69.5 Å². The quantitative estimate of drug-likeness (QED) is 0.369. The Balaban J connectivity index is 2.20. The van der Waals surface area contributed by atoms with Gasteiger partial charge < -0.3 is 20.1 Å². The second-order valence-corrected chi connectivity index (χ2v) is 7.08. The van der Waals surface area contributed by atoms with Gasteiger partial charge in [0.25, 0.3) is 0 Å². The van der Waals surface area contributed by atoms with E-state index in [1.54, 1.807) is 12.1 Å². The fourth-order valence-electron chi connectivity index (χ4n) is 3.25. The molecule has 0 aliphatic carbocycles. The molecule has 2 N–H and O–H groups in total. The standard InChI is InChI=1S/C20H32ClFN4O2/c1-4-23-20(24-9-11-27-5-2)25-13-18(26-10-12-28-15(3)14-26)19-16(21)7-6-8-17(19)22/h6-8,15,18H,4-5,9-14H2,1-3H3,(H2,23,24,25). The summed E-state index contributed by atoms with van der Waals surface area (Å²) in [6.45, 7) is 11.1.